The number of aliphatic hydroxyl groups excluding tert-OH is 1. The average molecular weight is 394 g/mol. The molecule has 2 atom stereocenters. The number of aromatic nitrogens is 1. The summed E-state index contributed by atoms with van der Waals surface area (Å²) in [4.78, 5) is 19.6. The topological polar surface area (TPSA) is 65.5 Å². The summed E-state index contributed by atoms with van der Waals surface area (Å²) in [7, 11) is 0. The van der Waals surface area contributed by atoms with Crippen LogP contribution < -0.4 is 5.32 Å². The molecule has 154 valence electrons. The Labute approximate surface area is 173 Å². The van der Waals surface area contributed by atoms with E-state index in [1.54, 1.807) is 6.20 Å². The molecule has 2 aliphatic rings. The first-order valence-electron chi connectivity index (χ1n) is 10.8. The van der Waals surface area contributed by atoms with Gasteiger partial charge in [-0.2, -0.15) is 0 Å². The average Bonchev–Trinajstić information content (AvgIpc) is 3.36. The van der Waals surface area contributed by atoms with Crippen molar-refractivity contribution in [3.63, 3.8) is 0 Å². The number of nitrogens with one attached hydrogen (secondary N) is 1. The van der Waals surface area contributed by atoms with Crippen LogP contribution in [0.5, 0.6) is 0 Å². The van der Waals surface area contributed by atoms with Gasteiger partial charge in [0.1, 0.15) is 6.10 Å². The Hall–Kier alpha value is -2.24. The minimum atomic E-state index is -0.805. The Morgan fingerprint density at radius 3 is 2.48 bits per heavy atom. The molecule has 1 saturated heterocycles. The number of carbonyl (C=O) groups is 1. The van der Waals surface area contributed by atoms with Crippen LogP contribution in [0.3, 0.4) is 0 Å². The van der Waals surface area contributed by atoms with E-state index in [-0.39, 0.29) is 11.9 Å². The first-order valence-corrected chi connectivity index (χ1v) is 10.8. The van der Waals surface area contributed by atoms with Crippen LogP contribution >= 0.6 is 0 Å². The van der Waals surface area contributed by atoms with E-state index in [1.165, 1.54) is 24.0 Å². The molecule has 0 saturated carbocycles. The number of rotatable bonds is 7. The fraction of sp³-hybridized carbons (Fsp3) is 0.500. The predicted molar refractivity (Wildman–Crippen MR) is 113 cm³/mol. The number of nitrogens with zero attached hydrogens (tertiary/aromatic N) is 2. The maximum absolute atomic E-state index is 12.9. The van der Waals surface area contributed by atoms with Gasteiger partial charge in [0.15, 0.2) is 0 Å². The van der Waals surface area contributed by atoms with Gasteiger partial charge in [-0.25, -0.2) is 0 Å². The van der Waals surface area contributed by atoms with Crippen LogP contribution in [0.25, 0.3) is 0 Å². The van der Waals surface area contributed by atoms with Gasteiger partial charge in [0.2, 0.25) is 5.91 Å². The van der Waals surface area contributed by atoms with Crippen LogP contribution in [0.4, 0.5) is 0 Å². The molecule has 2 aromatic rings. The number of likely N-dealkylation sites (tertiary alicyclic amines) is 1. The highest BCUT2D eigenvalue weighted by Crippen LogP contribution is 2.28. The molecular weight excluding hydrogens is 362 g/mol. The molecule has 1 fully saturated rings. The third kappa shape index (κ3) is 5.03. The molecule has 1 aliphatic heterocycles. The number of amides is 1. The summed E-state index contributed by atoms with van der Waals surface area (Å²) in [5.41, 5.74) is 4.40. The molecule has 4 rings (SSSR count). The van der Waals surface area contributed by atoms with Gasteiger partial charge in [0.05, 0.1) is 11.7 Å². The number of aryl methyl sites for hydroxylation is 1. The molecular formula is C24H31N3O2. The molecule has 0 radical (unpaired) electrons. The second-order valence-electron chi connectivity index (χ2n) is 8.63. The molecule has 0 unspecified atom stereocenters. The van der Waals surface area contributed by atoms with Crippen molar-refractivity contribution in [2.45, 2.75) is 51.2 Å². The summed E-state index contributed by atoms with van der Waals surface area (Å²) in [6, 6.07) is 11.9. The Balaban J connectivity index is 1.40. The van der Waals surface area contributed by atoms with Crippen molar-refractivity contribution < 1.29 is 9.90 Å². The zero-order valence-electron chi connectivity index (χ0n) is 17.2. The van der Waals surface area contributed by atoms with E-state index in [1.807, 2.05) is 19.1 Å². The van der Waals surface area contributed by atoms with Crippen molar-refractivity contribution in [1.29, 1.82) is 0 Å². The van der Waals surface area contributed by atoms with Crippen molar-refractivity contribution >= 4 is 5.91 Å². The smallest absolute Gasteiger partial charge is 0.220 e. The van der Waals surface area contributed by atoms with Gasteiger partial charge in [0.25, 0.3) is 0 Å². The molecule has 1 aromatic heterocycles. The van der Waals surface area contributed by atoms with Gasteiger partial charge in [-0.05, 0) is 74.4 Å². The van der Waals surface area contributed by atoms with E-state index in [2.05, 4.69) is 39.5 Å². The Bertz CT molecular complexity index is 805. The summed E-state index contributed by atoms with van der Waals surface area (Å²) in [6.07, 6.45) is 5.74. The lowest BCUT2D eigenvalue weighted by molar-refractivity contribution is -0.123. The van der Waals surface area contributed by atoms with E-state index in [0.717, 1.165) is 31.5 Å². The van der Waals surface area contributed by atoms with Crippen molar-refractivity contribution in [3.8, 4) is 0 Å². The monoisotopic (exact) mass is 393 g/mol. The molecule has 29 heavy (non-hydrogen) atoms. The molecule has 0 bridgehead atoms. The van der Waals surface area contributed by atoms with Gasteiger partial charge < -0.3 is 15.3 Å². The van der Waals surface area contributed by atoms with Crippen LogP contribution in [0.15, 0.2) is 42.6 Å². The highest BCUT2D eigenvalue weighted by atomic mass is 16.3. The minimum absolute atomic E-state index is 0.0261. The number of hydrogen-bond donors (Lipinski definition) is 2. The highest BCUT2D eigenvalue weighted by molar-refractivity contribution is 5.76. The first kappa shape index (κ1) is 20.0. The number of fused-ring (bicyclic) bond motifs is 1. The Morgan fingerprint density at radius 2 is 1.86 bits per heavy atom. The third-order valence-electron chi connectivity index (χ3n) is 6.23. The van der Waals surface area contributed by atoms with Crippen molar-refractivity contribution in [3.05, 3.63) is 65.0 Å². The molecule has 5 heteroatoms. The summed E-state index contributed by atoms with van der Waals surface area (Å²) in [5, 5.41) is 14.1. The summed E-state index contributed by atoms with van der Waals surface area (Å²) >= 11 is 0. The number of hydrogen-bond acceptors (Lipinski definition) is 4. The highest BCUT2D eigenvalue weighted by Gasteiger charge is 2.29. The van der Waals surface area contributed by atoms with Gasteiger partial charge in [-0.3, -0.25) is 9.78 Å². The molecule has 5 nitrogen and oxygen atoms in total. The Kier molecular flexibility index (Phi) is 6.26. The van der Waals surface area contributed by atoms with Crippen molar-refractivity contribution in [1.82, 2.24) is 15.2 Å². The summed E-state index contributed by atoms with van der Waals surface area (Å²) in [5.74, 6) is 0.368. The lowest BCUT2D eigenvalue weighted by Gasteiger charge is -2.28. The Morgan fingerprint density at radius 1 is 1.17 bits per heavy atom. The summed E-state index contributed by atoms with van der Waals surface area (Å²) in [6.45, 7) is 4.69. The fourth-order valence-corrected chi connectivity index (χ4v) is 4.65. The van der Waals surface area contributed by atoms with E-state index in [9.17, 15) is 9.90 Å². The largest absolute Gasteiger partial charge is 0.385 e. The van der Waals surface area contributed by atoms with E-state index in [0.29, 0.717) is 24.6 Å². The van der Waals surface area contributed by atoms with Gasteiger partial charge in [-0.1, -0.05) is 30.3 Å². The van der Waals surface area contributed by atoms with E-state index < -0.39 is 6.10 Å². The molecule has 1 aromatic carbocycles. The fourth-order valence-electron chi connectivity index (χ4n) is 4.65. The maximum atomic E-state index is 12.9. The number of benzene rings is 1. The normalized spacial score (nSPS) is 19.1. The zero-order valence-corrected chi connectivity index (χ0v) is 17.2. The number of pyridine rings is 1. The quantitative estimate of drug-likeness (QED) is 0.759. The number of aliphatic hydroxyl groups is 1. The van der Waals surface area contributed by atoms with Crippen LogP contribution in [-0.4, -0.2) is 46.6 Å². The SMILES string of the molecule is Cc1ccc([C@@H](O)[C@@H](CN2CCCC2)NC(=O)CC2Cc3ccccc3C2)nc1. The molecule has 1 aliphatic carbocycles. The lowest BCUT2D eigenvalue weighted by atomic mass is 10.0. The second-order valence-corrected chi connectivity index (χ2v) is 8.63. The van der Waals surface area contributed by atoms with Crippen LogP contribution in [-0.2, 0) is 17.6 Å². The molecule has 0 spiro atoms. The first-order chi connectivity index (χ1) is 14.1. The second kappa shape index (κ2) is 9.06. The number of carbonyl (C=O) groups excluding carboxylic acids is 1. The van der Waals surface area contributed by atoms with Gasteiger partial charge in [-0.15, -0.1) is 0 Å². The summed E-state index contributed by atoms with van der Waals surface area (Å²) < 4.78 is 0. The van der Waals surface area contributed by atoms with Crippen molar-refractivity contribution in [2.75, 3.05) is 19.6 Å². The van der Waals surface area contributed by atoms with Crippen LogP contribution in [0, 0.1) is 12.8 Å². The predicted octanol–water partition coefficient (Wildman–Crippen LogP) is 2.81. The van der Waals surface area contributed by atoms with Gasteiger partial charge >= 0.3 is 0 Å². The van der Waals surface area contributed by atoms with Crippen LogP contribution in [0.2, 0.25) is 0 Å². The molecule has 2 N–H and O–H groups in total. The molecule has 1 amide bonds. The maximum Gasteiger partial charge on any atom is 0.220 e. The van der Waals surface area contributed by atoms with Crippen molar-refractivity contribution in [2.24, 2.45) is 5.92 Å². The van der Waals surface area contributed by atoms with Gasteiger partial charge in [0, 0.05) is 19.2 Å². The standard InChI is InChI=1S/C24H31N3O2/c1-17-8-9-21(25-15-17)24(29)22(16-27-10-4-5-11-27)26-23(28)14-18-12-19-6-2-3-7-20(19)13-18/h2-3,6-9,15,18,22,24,29H,4-5,10-14,16H2,1H3,(H,26,28)/t22-,24-/m1/s1. The molecule has 2 heterocycles. The van der Waals surface area contributed by atoms with E-state index in [4.69, 9.17) is 0 Å². The van der Waals surface area contributed by atoms with Crippen LogP contribution in [0.1, 0.15) is 47.8 Å². The minimum Gasteiger partial charge on any atom is -0.385 e. The lowest BCUT2D eigenvalue weighted by Crippen LogP contribution is -2.47. The zero-order chi connectivity index (χ0) is 20.2. The van der Waals surface area contributed by atoms with E-state index >= 15 is 0 Å². The third-order valence-corrected chi connectivity index (χ3v) is 6.23.